The predicted octanol–water partition coefficient (Wildman–Crippen LogP) is 7.24. The molecule has 8 nitrogen and oxygen atoms in total. The number of aromatic hydroxyl groups is 1. The van der Waals surface area contributed by atoms with Crippen LogP contribution in [0.15, 0.2) is 60.4 Å². The van der Waals surface area contributed by atoms with E-state index in [2.05, 4.69) is 12.1 Å². The van der Waals surface area contributed by atoms with E-state index < -0.39 is 12.3 Å². The summed E-state index contributed by atoms with van der Waals surface area (Å²) in [4.78, 5) is 26.5. The molecule has 4 aromatic rings. The van der Waals surface area contributed by atoms with Gasteiger partial charge in [0.05, 0.1) is 17.4 Å². The number of esters is 1. The normalized spacial score (nSPS) is 12.2. The first kappa shape index (κ1) is 29.3. The van der Waals surface area contributed by atoms with Gasteiger partial charge in [-0.2, -0.15) is 0 Å². The lowest BCUT2D eigenvalue weighted by Gasteiger charge is -2.20. The molecule has 1 atom stereocenters. The van der Waals surface area contributed by atoms with Gasteiger partial charge in [0.1, 0.15) is 11.5 Å². The lowest BCUT2D eigenvalue weighted by Crippen LogP contribution is -2.24. The van der Waals surface area contributed by atoms with Gasteiger partial charge in [0, 0.05) is 23.1 Å². The van der Waals surface area contributed by atoms with Crippen LogP contribution in [0.25, 0.3) is 34.2 Å². The van der Waals surface area contributed by atoms with Gasteiger partial charge >= 0.3 is 5.97 Å². The van der Waals surface area contributed by atoms with E-state index in [4.69, 9.17) is 29.5 Å². The Bertz CT molecular complexity index is 1570. The van der Waals surface area contributed by atoms with Crippen LogP contribution in [0.1, 0.15) is 48.1 Å². The van der Waals surface area contributed by atoms with Crippen molar-refractivity contribution in [3.05, 3.63) is 88.2 Å². The van der Waals surface area contributed by atoms with Gasteiger partial charge in [-0.15, -0.1) is 0 Å². The second kappa shape index (κ2) is 12.2. The molecular weight excluding hydrogens is 518 g/mol. The molecule has 4 rings (SSSR count). The Labute approximate surface area is 240 Å². The summed E-state index contributed by atoms with van der Waals surface area (Å²) in [7, 11) is 0. The van der Waals surface area contributed by atoms with Crippen molar-refractivity contribution in [3.63, 3.8) is 0 Å². The minimum Gasteiger partial charge on any atom is -0.515 e. The Hall–Kier alpha value is -4.72. The number of phenols is 1. The van der Waals surface area contributed by atoms with Crippen LogP contribution < -0.4 is 4.74 Å². The first-order valence-corrected chi connectivity index (χ1v) is 13.4. The quantitative estimate of drug-likeness (QED) is 0.102. The number of aliphatic hydroxyl groups excluding tert-OH is 1. The molecule has 0 fully saturated rings. The molecule has 41 heavy (non-hydrogen) atoms. The van der Waals surface area contributed by atoms with Crippen molar-refractivity contribution in [3.8, 4) is 45.7 Å². The molecule has 1 unspecified atom stereocenters. The van der Waals surface area contributed by atoms with Crippen molar-refractivity contribution >= 4 is 5.97 Å². The van der Waals surface area contributed by atoms with E-state index in [1.165, 1.54) is 6.92 Å². The zero-order valence-electron chi connectivity index (χ0n) is 24.4. The van der Waals surface area contributed by atoms with E-state index in [0.29, 0.717) is 47.0 Å². The number of phenolic OH excluding ortho intramolecular Hbond substituents is 1. The lowest BCUT2D eigenvalue weighted by molar-refractivity contribution is -0.159. The van der Waals surface area contributed by atoms with Crippen LogP contribution in [-0.2, 0) is 9.53 Å². The number of aryl methyl sites for hydroxylation is 4. The maximum absolute atomic E-state index is 12.1. The molecule has 0 radical (unpaired) electrons. The number of ether oxygens (including phenoxy) is 2. The molecule has 212 valence electrons. The van der Waals surface area contributed by atoms with E-state index in [9.17, 15) is 9.90 Å². The number of hydrogen-bond acceptors (Lipinski definition) is 8. The molecule has 0 bridgehead atoms. The van der Waals surface area contributed by atoms with Crippen LogP contribution in [0.2, 0.25) is 0 Å². The highest BCUT2D eigenvalue weighted by atomic mass is 16.7. The van der Waals surface area contributed by atoms with Crippen LogP contribution >= 0.6 is 0 Å². The van der Waals surface area contributed by atoms with Gasteiger partial charge < -0.3 is 19.7 Å². The molecule has 2 N–H and O–H groups in total. The number of rotatable bonds is 8. The van der Waals surface area contributed by atoms with Crippen molar-refractivity contribution < 1.29 is 24.5 Å². The summed E-state index contributed by atoms with van der Waals surface area (Å²) in [6.45, 7) is 13.1. The summed E-state index contributed by atoms with van der Waals surface area (Å²) in [5, 5.41) is 20.4. The molecule has 0 aliphatic heterocycles. The Kier molecular flexibility index (Phi) is 8.71. The van der Waals surface area contributed by atoms with Crippen molar-refractivity contribution in [2.75, 3.05) is 0 Å². The number of carbonyl (C=O) groups is 1. The number of aromatic nitrogens is 3. The fourth-order valence-corrected chi connectivity index (χ4v) is 4.45. The number of benzene rings is 3. The highest BCUT2D eigenvalue weighted by Crippen LogP contribution is 2.38. The molecule has 1 heterocycles. The van der Waals surface area contributed by atoms with Crippen molar-refractivity contribution in [2.24, 2.45) is 0 Å². The van der Waals surface area contributed by atoms with Gasteiger partial charge in [0.15, 0.2) is 17.5 Å². The number of aliphatic hydroxyl groups is 1. The van der Waals surface area contributed by atoms with E-state index in [0.717, 1.165) is 33.4 Å². The Morgan fingerprint density at radius 3 is 1.78 bits per heavy atom. The second-order valence-corrected chi connectivity index (χ2v) is 10.2. The van der Waals surface area contributed by atoms with Crippen LogP contribution in [0, 0.1) is 34.6 Å². The summed E-state index contributed by atoms with van der Waals surface area (Å²) >= 11 is 0. The number of hydrogen-bond donors (Lipinski definition) is 2. The van der Waals surface area contributed by atoms with Crippen molar-refractivity contribution in [2.45, 2.75) is 61.2 Å². The van der Waals surface area contributed by atoms with Gasteiger partial charge in [0.2, 0.25) is 6.29 Å². The predicted molar refractivity (Wildman–Crippen MR) is 159 cm³/mol. The van der Waals surface area contributed by atoms with Gasteiger partial charge in [-0.1, -0.05) is 54.4 Å². The first-order chi connectivity index (χ1) is 19.5. The fourth-order valence-electron chi connectivity index (χ4n) is 4.45. The molecule has 0 spiro atoms. The summed E-state index contributed by atoms with van der Waals surface area (Å²) in [5.41, 5.74) is 6.99. The Morgan fingerprint density at radius 2 is 1.32 bits per heavy atom. The second-order valence-electron chi connectivity index (χ2n) is 10.2. The van der Waals surface area contributed by atoms with E-state index >= 15 is 0 Å². The summed E-state index contributed by atoms with van der Waals surface area (Å²) in [6.07, 6.45) is 0.137. The van der Waals surface area contributed by atoms with Crippen LogP contribution in [0.3, 0.4) is 0 Å². The monoisotopic (exact) mass is 553 g/mol. The molecule has 1 aromatic heterocycles. The van der Waals surface area contributed by atoms with Crippen LogP contribution in [0.5, 0.6) is 11.5 Å². The lowest BCUT2D eigenvalue weighted by atomic mass is 10.0. The maximum atomic E-state index is 12.1. The van der Waals surface area contributed by atoms with E-state index in [1.807, 2.05) is 52.0 Å². The molecule has 0 aliphatic carbocycles. The summed E-state index contributed by atoms with van der Waals surface area (Å²) in [6, 6.07) is 15.6. The van der Waals surface area contributed by atoms with Gasteiger partial charge in [-0.25, -0.2) is 19.7 Å². The van der Waals surface area contributed by atoms with Gasteiger partial charge in [-0.05, 0) is 64.8 Å². The minimum atomic E-state index is -0.911. The Morgan fingerprint density at radius 1 is 0.829 bits per heavy atom. The zero-order chi connectivity index (χ0) is 29.8. The SMILES string of the molecule is CCC(OC(=O)/C(C)=C/O)Oc1ccc(-c2nc(-c3ccc(C)cc3C)nc(-c3ccc(C)cc3C)n2)c(O)c1C. The zero-order valence-corrected chi connectivity index (χ0v) is 24.4. The van der Waals surface area contributed by atoms with Crippen LogP contribution in [0.4, 0.5) is 0 Å². The summed E-state index contributed by atoms with van der Waals surface area (Å²) in [5.74, 6) is 0.921. The average molecular weight is 554 g/mol. The topological polar surface area (TPSA) is 115 Å². The number of carbonyl (C=O) groups excluding carboxylic acids is 1. The fraction of sp³-hybridized carbons (Fsp3) is 0.273. The number of nitrogens with zero attached hydrogens (tertiary/aromatic N) is 3. The van der Waals surface area contributed by atoms with Crippen molar-refractivity contribution in [1.29, 1.82) is 0 Å². The third-order valence-electron chi connectivity index (χ3n) is 6.85. The molecule has 0 amide bonds. The molecule has 0 saturated heterocycles. The average Bonchev–Trinajstić information content (AvgIpc) is 2.94. The Balaban J connectivity index is 1.80. The van der Waals surface area contributed by atoms with Gasteiger partial charge in [0.25, 0.3) is 0 Å². The summed E-state index contributed by atoms with van der Waals surface area (Å²) < 4.78 is 11.2. The standard InChI is InChI=1S/C33H35N3O5/c1-8-28(41-33(39)22(6)17-37)40-27-14-13-26(29(38)23(27)7)32-35-30(24-11-9-18(2)15-20(24)4)34-31(36-32)25-12-10-19(3)16-21(25)5/h9-17,28,37-38H,8H2,1-7H3/b22-17+. The third kappa shape index (κ3) is 6.38. The molecule has 0 aliphatic rings. The first-order valence-electron chi connectivity index (χ1n) is 13.4. The highest BCUT2D eigenvalue weighted by Gasteiger charge is 2.21. The third-order valence-corrected chi connectivity index (χ3v) is 6.85. The van der Waals surface area contributed by atoms with Crippen molar-refractivity contribution in [1.82, 2.24) is 15.0 Å². The van der Waals surface area contributed by atoms with E-state index in [-0.39, 0.29) is 11.3 Å². The maximum Gasteiger partial charge on any atom is 0.339 e. The molecule has 8 heteroatoms. The minimum absolute atomic E-state index is 0.0519. The van der Waals surface area contributed by atoms with E-state index in [1.54, 1.807) is 26.0 Å². The molecular formula is C33H35N3O5. The van der Waals surface area contributed by atoms with Gasteiger partial charge in [-0.3, -0.25) is 0 Å². The smallest absolute Gasteiger partial charge is 0.339 e. The highest BCUT2D eigenvalue weighted by molar-refractivity contribution is 5.87. The largest absolute Gasteiger partial charge is 0.515 e. The molecule has 0 saturated carbocycles. The van der Waals surface area contributed by atoms with Crippen LogP contribution in [-0.4, -0.2) is 37.4 Å². The molecule has 3 aromatic carbocycles.